The van der Waals surface area contributed by atoms with Gasteiger partial charge in [-0.2, -0.15) is 10.2 Å². The minimum atomic E-state index is -0.193. The molecule has 1 N–H and O–H groups in total. The monoisotopic (exact) mass is 220 g/mol. The molecule has 0 radical (unpaired) electrons. The molecule has 0 aromatic carbocycles. The molecule has 16 heavy (non-hydrogen) atoms. The van der Waals surface area contributed by atoms with Crippen molar-refractivity contribution in [2.24, 2.45) is 7.05 Å². The van der Waals surface area contributed by atoms with E-state index in [4.69, 9.17) is 0 Å². The van der Waals surface area contributed by atoms with Crippen LogP contribution in [0.2, 0.25) is 0 Å². The van der Waals surface area contributed by atoms with E-state index in [1.54, 1.807) is 22.8 Å². The van der Waals surface area contributed by atoms with Gasteiger partial charge in [0.1, 0.15) is 6.33 Å². The molecule has 0 aliphatic rings. The van der Waals surface area contributed by atoms with Crippen molar-refractivity contribution < 1.29 is 4.79 Å². The molecule has 2 aromatic rings. The summed E-state index contributed by atoms with van der Waals surface area (Å²) in [6.07, 6.45) is 4.90. The normalized spacial score (nSPS) is 10.4. The number of carbonyl (C=O) groups is 1. The van der Waals surface area contributed by atoms with Gasteiger partial charge in [0.2, 0.25) is 5.82 Å². The maximum Gasteiger partial charge on any atom is 0.291 e. The number of carbonyl (C=O) groups excluding carboxylic acids is 1. The van der Waals surface area contributed by atoms with Crippen LogP contribution in [-0.4, -0.2) is 42.8 Å². The Morgan fingerprint density at radius 2 is 2.44 bits per heavy atom. The summed E-state index contributed by atoms with van der Waals surface area (Å²) in [6.45, 7) is 0.493. The summed E-state index contributed by atoms with van der Waals surface area (Å²) in [4.78, 5) is 17.1. The van der Waals surface area contributed by atoms with Crippen molar-refractivity contribution in [1.29, 1.82) is 0 Å². The standard InChI is InChI=1S/C9H12N6O/c1-14(4-7-3-12-15(2)5-7)9(16)8-10-6-11-13-8/h3,5-6H,4H2,1-2H3,(H,10,11,13). The molecule has 2 heterocycles. The topological polar surface area (TPSA) is 79.7 Å². The Balaban J connectivity index is 2.03. The molecule has 7 nitrogen and oxygen atoms in total. The number of aromatic nitrogens is 5. The van der Waals surface area contributed by atoms with Gasteiger partial charge in [-0.3, -0.25) is 14.6 Å². The van der Waals surface area contributed by atoms with Crippen LogP contribution < -0.4 is 0 Å². The van der Waals surface area contributed by atoms with Gasteiger partial charge < -0.3 is 4.90 Å². The van der Waals surface area contributed by atoms with Gasteiger partial charge in [0.05, 0.1) is 6.20 Å². The Bertz CT molecular complexity index is 474. The Hall–Kier alpha value is -2.18. The highest BCUT2D eigenvalue weighted by Crippen LogP contribution is 2.03. The first-order valence-corrected chi connectivity index (χ1v) is 4.75. The lowest BCUT2D eigenvalue weighted by Gasteiger charge is -2.13. The Kier molecular flexibility index (Phi) is 2.67. The fourth-order valence-electron chi connectivity index (χ4n) is 1.39. The van der Waals surface area contributed by atoms with Crippen LogP contribution in [0, 0.1) is 0 Å². The highest BCUT2D eigenvalue weighted by molar-refractivity contribution is 5.90. The van der Waals surface area contributed by atoms with E-state index in [9.17, 15) is 4.79 Å². The second-order valence-corrected chi connectivity index (χ2v) is 3.52. The fourth-order valence-corrected chi connectivity index (χ4v) is 1.39. The smallest absolute Gasteiger partial charge is 0.291 e. The fraction of sp³-hybridized carbons (Fsp3) is 0.333. The van der Waals surface area contributed by atoms with Crippen LogP contribution in [0.4, 0.5) is 0 Å². The van der Waals surface area contributed by atoms with Crippen LogP contribution in [0.25, 0.3) is 0 Å². The van der Waals surface area contributed by atoms with Gasteiger partial charge in [0.15, 0.2) is 0 Å². The number of hydrogen-bond donors (Lipinski definition) is 1. The van der Waals surface area contributed by atoms with Crippen molar-refractivity contribution in [3.05, 3.63) is 30.1 Å². The zero-order chi connectivity index (χ0) is 11.5. The van der Waals surface area contributed by atoms with Gasteiger partial charge in [0, 0.05) is 32.4 Å². The van der Waals surface area contributed by atoms with Crippen molar-refractivity contribution in [3.8, 4) is 0 Å². The van der Waals surface area contributed by atoms with Crippen LogP contribution in [0.15, 0.2) is 18.7 Å². The predicted molar refractivity (Wildman–Crippen MR) is 55.4 cm³/mol. The lowest BCUT2D eigenvalue weighted by atomic mass is 10.3. The van der Waals surface area contributed by atoms with E-state index >= 15 is 0 Å². The summed E-state index contributed by atoms with van der Waals surface area (Å²) in [7, 11) is 3.54. The number of hydrogen-bond acceptors (Lipinski definition) is 4. The van der Waals surface area contributed by atoms with E-state index in [-0.39, 0.29) is 11.7 Å². The molecule has 0 aliphatic carbocycles. The number of aromatic amines is 1. The van der Waals surface area contributed by atoms with Crippen molar-refractivity contribution in [1.82, 2.24) is 29.9 Å². The van der Waals surface area contributed by atoms with E-state index < -0.39 is 0 Å². The van der Waals surface area contributed by atoms with E-state index in [1.165, 1.54) is 6.33 Å². The molecule has 2 aromatic heterocycles. The van der Waals surface area contributed by atoms with Crippen LogP contribution in [0.3, 0.4) is 0 Å². The third kappa shape index (κ3) is 2.08. The number of rotatable bonds is 3. The van der Waals surface area contributed by atoms with Crippen LogP contribution in [-0.2, 0) is 13.6 Å². The molecular formula is C9H12N6O. The maximum atomic E-state index is 11.8. The van der Waals surface area contributed by atoms with Gasteiger partial charge in [-0.1, -0.05) is 0 Å². The molecule has 0 unspecified atom stereocenters. The summed E-state index contributed by atoms with van der Waals surface area (Å²) in [5.74, 6) is 0.0488. The van der Waals surface area contributed by atoms with Crippen molar-refractivity contribution in [2.75, 3.05) is 7.05 Å². The number of H-pyrrole nitrogens is 1. The van der Waals surface area contributed by atoms with E-state index in [0.29, 0.717) is 6.54 Å². The maximum absolute atomic E-state index is 11.8. The molecule has 0 fully saturated rings. The first-order chi connectivity index (χ1) is 7.66. The van der Waals surface area contributed by atoms with E-state index in [0.717, 1.165) is 5.56 Å². The number of nitrogens with one attached hydrogen (secondary N) is 1. The summed E-state index contributed by atoms with van der Waals surface area (Å²) in [6, 6.07) is 0. The lowest BCUT2D eigenvalue weighted by molar-refractivity contribution is 0.0773. The van der Waals surface area contributed by atoms with Gasteiger partial charge >= 0.3 is 0 Å². The Morgan fingerprint density at radius 3 is 3.00 bits per heavy atom. The second kappa shape index (κ2) is 4.13. The summed E-state index contributed by atoms with van der Waals surface area (Å²) < 4.78 is 1.70. The number of nitrogens with zero attached hydrogens (tertiary/aromatic N) is 5. The second-order valence-electron chi connectivity index (χ2n) is 3.52. The lowest BCUT2D eigenvalue weighted by Crippen LogP contribution is -2.27. The Labute approximate surface area is 92.1 Å². The summed E-state index contributed by atoms with van der Waals surface area (Å²) in [5.41, 5.74) is 0.970. The molecule has 7 heteroatoms. The van der Waals surface area contributed by atoms with Crippen molar-refractivity contribution >= 4 is 5.91 Å². The quantitative estimate of drug-likeness (QED) is 0.777. The molecule has 0 aliphatic heterocycles. The molecule has 1 amide bonds. The van der Waals surface area contributed by atoms with Gasteiger partial charge in [-0.05, 0) is 0 Å². The van der Waals surface area contributed by atoms with Crippen molar-refractivity contribution in [3.63, 3.8) is 0 Å². The molecule has 0 spiro atoms. The molecule has 2 rings (SSSR count). The molecule has 0 bridgehead atoms. The van der Waals surface area contributed by atoms with Crippen LogP contribution in [0.1, 0.15) is 16.2 Å². The van der Waals surface area contributed by atoms with Crippen LogP contribution in [0.5, 0.6) is 0 Å². The Morgan fingerprint density at radius 1 is 1.62 bits per heavy atom. The van der Waals surface area contributed by atoms with Gasteiger partial charge in [0.25, 0.3) is 5.91 Å². The van der Waals surface area contributed by atoms with E-state index in [2.05, 4.69) is 20.3 Å². The van der Waals surface area contributed by atoms with Gasteiger partial charge in [-0.15, -0.1) is 0 Å². The highest BCUT2D eigenvalue weighted by Gasteiger charge is 2.14. The molecule has 0 saturated carbocycles. The minimum Gasteiger partial charge on any atom is -0.335 e. The third-order valence-electron chi connectivity index (χ3n) is 2.14. The van der Waals surface area contributed by atoms with E-state index in [1.807, 2.05) is 13.2 Å². The van der Waals surface area contributed by atoms with Gasteiger partial charge in [-0.25, -0.2) is 4.98 Å². The minimum absolute atomic E-state index is 0.193. The average Bonchev–Trinajstić information content (AvgIpc) is 2.88. The van der Waals surface area contributed by atoms with Crippen LogP contribution >= 0.6 is 0 Å². The third-order valence-corrected chi connectivity index (χ3v) is 2.14. The number of amides is 1. The van der Waals surface area contributed by atoms with Crippen molar-refractivity contribution in [2.45, 2.75) is 6.54 Å². The first kappa shape index (κ1) is 10.3. The zero-order valence-electron chi connectivity index (χ0n) is 9.08. The largest absolute Gasteiger partial charge is 0.335 e. The summed E-state index contributed by atoms with van der Waals surface area (Å²) >= 11 is 0. The average molecular weight is 220 g/mol. The predicted octanol–water partition coefficient (Wildman–Crippen LogP) is -0.190. The highest BCUT2D eigenvalue weighted by atomic mass is 16.2. The molecule has 84 valence electrons. The molecule has 0 atom stereocenters. The SMILES string of the molecule is CN(Cc1cnn(C)c1)C(=O)c1ncn[nH]1. The molecular weight excluding hydrogens is 208 g/mol. The molecule has 0 saturated heterocycles. The first-order valence-electron chi connectivity index (χ1n) is 4.75. The number of aryl methyl sites for hydroxylation is 1. The zero-order valence-corrected chi connectivity index (χ0v) is 9.08. The summed E-state index contributed by atoms with van der Waals surface area (Å²) in [5, 5.41) is 10.2.